The normalized spacial score (nSPS) is 25.2. The van der Waals surface area contributed by atoms with Crippen LogP contribution in [0.15, 0.2) is 12.2 Å². The quantitative estimate of drug-likeness (QED) is 0.135. The zero-order chi connectivity index (χ0) is 30.5. The minimum absolute atomic E-state index is 0.0216. The summed E-state index contributed by atoms with van der Waals surface area (Å²) in [5, 5.41) is 33.6. The van der Waals surface area contributed by atoms with E-state index < -0.39 is 30.0 Å². The van der Waals surface area contributed by atoms with E-state index in [0.717, 1.165) is 25.7 Å². The van der Waals surface area contributed by atoms with Gasteiger partial charge < -0.3 is 30.7 Å². The van der Waals surface area contributed by atoms with Crippen molar-refractivity contribution in [3.63, 3.8) is 0 Å². The van der Waals surface area contributed by atoms with Gasteiger partial charge in [-0.05, 0) is 49.9 Å². The number of carbonyl (C=O) groups excluding carboxylic acids is 2. The average Bonchev–Trinajstić information content (AvgIpc) is 3.54. The molecule has 5 N–H and O–H groups in total. The number of alkyl carbamates (subject to hydrolysis) is 1. The third-order valence-corrected chi connectivity index (χ3v) is 8.36. The van der Waals surface area contributed by atoms with E-state index in [0.29, 0.717) is 50.5 Å². The molecule has 2 aliphatic carbocycles. The van der Waals surface area contributed by atoms with Crippen molar-refractivity contribution in [1.82, 2.24) is 25.3 Å². The molecule has 0 radical (unpaired) electrons. The first-order valence-corrected chi connectivity index (χ1v) is 14.8. The number of carbonyl (C=O) groups is 5. The van der Waals surface area contributed by atoms with Gasteiger partial charge in [-0.25, -0.2) is 4.79 Å². The fourth-order valence-corrected chi connectivity index (χ4v) is 6.02. The minimum Gasteiger partial charge on any atom is -0.480 e. The highest BCUT2D eigenvalue weighted by molar-refractivity contribution is 5.78. The molecule has 14 heteroatoms. The van der Waals surface area contributed by atoms with Crippen molar-refractivity contribution in [3.8, 4) is 0 Å². The minimum atomic E-state index is -1.11. The summed E-state index contributed by atoms with van der Waals surface area (Å²) in [6.07, 6.45) is 8.31. The topological polar surface area (TPSA) is 189 Å². The van der Waals surface area contributed by atoms with Gasteiger partial charge in [0.2, 0.25) is 5.91 Å². The summed E-state index contributed by atoms with van der Waals surface area (Å²) in [5.74, 6) is -1.83. The fraction of sp³-hybridized carbons (Fsp3) is 0.750. The van der Waals surface area contributed by atoms with Crippen LogP contribution in [0.5, 0.6) is 0 Å². The van der Waals surface area contributed by atoms with Gasteiger partial charge in [0, 0.05) is 58.8 Å². The van der Waals surface area contributed by atoms with Crippen molar-refractivity contribution < 1.29 is 44.0 Å². The lowest BCUT2D eigenvalue weighted by Crippen LogP contribution is -2.47. The van der Waals surface area contributed by atoms with Crippen molar-refractivity contribution in [2.75, 3.05) is 72.1 Å². The largest absolute Gasteiger partial charge is 0.480 e. The maximum absolute atomic E-state index is 12.4. The summed E-state index contributed by atoms with van der Waals surface area (Å²) in [7, 11) is 0. The van der Waals surface area contributed by atoms with E-state index in [1.807, 2.05) is 0 Å². The molecule has 0 aromatic carbocycles. The van der Waals surface area contributed by atoms with Crippen LogP contribution >= 0.6 is 0 Å². The molecule has 3 rings (SSSR count). The van der Waals surface area contributed by atoms with Crippen LogP contribution in [-0.2, 0) is 23.9 Å². The molecule has 2 amide bonds. The van der Waals surface area contributed by atoms with Crippen LogP contribution in [0.1, 0.15) is 38.5 Å². The van der Waals surface area contributed by atoms with E-state index in [1.165, 1.54) is 0 Å². The van der Waals surface area contributed by atoms with Gasteiger partial charge in [-0.15, -0.1) is 0 Å². The Bertz CT molecular complexity index is 933. The van der Waals surface area contributed by atoms with E-state index in [-0.39, 0.29) is 58.0 Å². The van der Waals surface area contributed by atoms with E-state index in [1.54, 1.807) is 14.7 Å². The highest BCUT2D eigenvalue weighted by Crippen LogP contribution is 2.52. The number of rotatable bonds is 14. The van der Waals surface area contributed by atoms with Crippen molar-refractivity contribution in [3.05, 3.63) is 12.2 Å². The lowest BCUT2D eigenvalue weighted by Gasteiger charge is -2.30. The summed E-state index contributed by atoms with van der Waals surface area (Å²) in [4.78, 5) is 64.1. The highest BCUT2D eigenvalue weighted by Gasteiger charge is 2.49. The number of hydrogen-bond acceptors (Lipinski definition) is 9. The van der Waals surface area contributed by atoms with Crippen LogP contribution in [0.4, 0.5) is 4.79 Å². The SMILES string of the molecule is O=C(O)CN1CCN(CC(=O)O)CCN(C(CCC(=O)NCCNC(=O)OCC2[C@H]3CC/C=C\CC[C@@H]23)C(=O)O)CC1. The van der Waals surface area contributed by atoms with Crippen LogP contribution in [0.25, 0.3) is 0 Å². The lowest BCUT2D eigenvalue weighted by atomic mass is 10.1. The Morgan fingerprint density at radius 2 is 1.31 bits per heavy atom. The number of fused-ring (bicyclic) bond motifs is 1. The fourth-order valence-electron chi connectivity index (χ4n) is 6.02. The van der Waals surface area contributed by atoms with Gasteiger partial charge in [-0.2, -0.15) is 0 Å². The van der Waals surface area contributed by atoms with Gasteiger partial charge in [0.1, 0.15) is 6.04 Å². The number of ether oxygens (including phenoxy) is 1. The number of allylic oxidation sites excluding steroid dienone is 2. The number of amides is 2. The maximum Gasteiger partial charge on any atom is 0.407 e. The Hall–Kier alpha value is -3.23. The number of carboxylic acids is 3. The van der Waals surface area contributed by atoms with E-state index in [9.17, 15) is 39.3 Å². The molecule has 1 heterocycles. The molecule has 2 unspecified atom stereocenters. The molecule has 14 nitrogen and oxygen atoms in total. The van der Waals surface area contributed by atoms with E-state index >= 15 is 0 Å². The number of nitrogens with zero attached hydrogens (tertiary/aromatic N) is 3. The van der Waals surface area contributed by atoms with Gasteiger partial charge in [0.25, 0.3) is 0 Å². The molecule has 42 heavy (non-hydrogen) atoms. The molecule has 4 atom stereocenters. The van der Waals surface area contributed by atoms with Crippen LogP contribution in [0.2, 0.25) is 0 Å². The molecule has 236 valence electrons. The lowest BCUT2D eigenvalue weighted by molar-refractivity contribution is -0.144. The third kappa shape index (κ3) is 11.6. The summed E-state index contributed by atoms with van der Waals surface area (Å²) in [6.45, 7) is 2.07. The molecule has 0 spiro atoms. The van der Waals surface area contributed by atoms with Crippen LogP contribution < -0.4 is 10.6 Å². The monoisotopic (exact) mass is 595 g/mol. The second kappa shape index (κ2) is 17.0. The Labute approximate surface area is 246 Å². The average molecular weight is 596 g/mol. The van der Waals surface area contributed by atoms with Gasteiger partial charge in [0.05, 0.1) is 19.7 Å². The number of nitrogens with one attached hydrogen (secondary N) is 2. The zero-order valence-electron chi connectivity index (χ0n) is 24.1. The first kappa shape index (κ1) is 33.3. The zero-order valence-corrected chi connectivity index (χ0v) is 24.1. The molecule has 3 aliphatic rings. The van der Waals surface area contributed by atoms with Crippen molar-refractivity contribution in [2.24, 2.45) is 17.8 Å². The Balaban J connectivity index is 1.38. The molecular weight excluding hydrogens is 550 g/mol. The van der Waals surface area contributed by atoms with Crippen molar-refractivity contribution >= 4 is 29.9 Å². The Morgan fingerprint density at radius 3 is 1.83 bits per heavy atom. The second-order valence-corrected chi connectivity index (χ2v) is 11.3. The van der Waals surface area contributed by atoms with Crippen LogP contribution in [0, 0.1) is 17.8 Å². The van der Waals surface area contributed by atoms with Crippen molar-refractivity contribution in [2.45, 2.75) is 44.6 Å². The van der Waals surface area contributed by atoms with Crippen LogP contribution in [0.3, 0.4) is 0 Å². The molecule has 0 aromatic rings. The molecule has 2 fully saturated rings. The van der Waals surface area contributed by atoms with Gasteiger partial charge in [-0.1, -0.05) is 12.2 Å². The van der Waals surface area contributed by atoms with Gasteiger partial charge >= 0.3 is 24.0 Å². The second-order valence-electron chi connectivity index (χ2n) is 11.3. The van der Waals surface area contributed by atoms with Gasteiger partial charge in [0.15, 0.2) is 0 Å². The standard InChI is InChI=1S/C28H45N5O9/c34-24(29-9-10-30-28(41)42-19-22-20-5-3-1-2-4-6-21(20)22)8-7-23(27(39)40)33-15-13-31(17-25(35)36)11-12-32(14-16-33)18-26(37)38/h1-2,20-23H,3-19H2,(H,29,34)(H,30,41)(H,35,36)(H,37,38)(H,39,40)/b2-1-/t20-,21+,22?,23?. The summed E-state index contributed by atoms with van der Waals surface area (Å²) in [6, 6.07) is -1.00. The first-order valence-electron chi connectivity index (χ1n) is 14.8. The van der Waals surface area contributed by atoms with Crippen LogP contribution in [-0.4, -0.2) is 138 Å². The summed E-state index contributed by atoms with van der Waals surface area (Å²) < 4.78 is 5.38. The predicted octanol–water partition coefficient (Wildman–Crippen LogP) is 0.143. The smallest absolute Gasteiger partial charge is 0.407 e. The number of hydrogen-bond donors (Lipinski definition) is 5. The molecule has 0 aromatic heterocycles. The molecule has 1 saturated carbocycles. The predicted molar refractivity (Wildman–Crippen MR) is 151 cm³/mol. The number of aliphatic carboxylic acids is 3. The molecule has 1 saturated heterocycles. The van der Waals surface area contributed by atoms with Crippen molar-refractivity contribution in [1.29, 1.82) is 0 Å². The molecule has 0 bridgehead atoms. The maximum atomic E-state index is 12.4. The third-order valence-electron chi connectivity index (χ3n) is 8.36. The van der Waals surface area contributed by atoms with Gasteiger partial charge in [-0.3, -0.25) is 33.9 Å². The summed E-state index contributed by atoms with van der Waals surface area (Å²) in [5.41, 5.74) is 0. The molecule has 1 aliphatic heterocycles. The van der Waals surface area contributed by atoms with E-state index in [2.05, 4.69) is 22.8 Å². The summed E-state index contributed by atoms with van der Waals surface area (Å²) >= 11 is 0. The van der Waals surface area contributed by atoms with E-state index in [4.69, 9.17) is 4.74 Å². The highest BCUT2D eigenvalue weighted by atomic mass is 16.5. The number of carboxylic acid groups (broad SMARTS) is 3. The Kier molecular flexibility index (Phi) is 13.5. The first-order chi connectivity index (χ1) is 20.1. The molecular formula is C28H45N5O9. The Morgan fingerprint density at radius 1 is 0.786 bits per heavy atom.